The third-order valence-corrected chi connectivity index (χ3v) is 7.56. The van der Waals surface area contributed by atoms with Crippen molar-refractivity contribution in [1.82, 2.24) is 9.46 Å². The Balaban J connectivity index is 1.72. The second-order valence-electron chi connectivity index (χ2n) is 8.74. The Labute approximate surface area is 203 Å². The van der Waals surface area contributed by atoms with Gasteiger partial charge in [0.1, 0.15) is 11.5 Å². The van der Waals surface area contributed by atoms with Crippen LogP contribution in [0, 0.1) is 5.82 Å². The van der Waals surface area contributed by atoms with Crippen molar-refractivity contribution >= 4 is 27.6 Å². The zero-order valence-electron chi connectivity index (χ0n) is 19.7. The van der Waals surface area contributed by atoms with E-state index in [0.29, 0.717) is 28.3 Å². The molecule has 9 nitrogen and oxygen atoms in total. The highest BCUT2D eigenvalue weighted by Gasteiger charge is 2.24. The summed E-state index contributed by atoms with van der Waals surface area (Å²) in [7, 11) is -0.859. The van der Waals surface area contributed by atoms with E-state index in [1.807, 2.05) is 12.1 Å². The van der Waals surface area contributed by atoms with Crippen LogP contribution in [0.3, 0.4) is 0 Å². The van der Waals surface area contributed by atoms with Gasteiger partial charge in [-0.05, 0) is 56.5 Å². The quantitative estimate of drug-likeness (QED) is 0.491. The van der Waals surface area contributed by atoms with E-state index in [9.17, 15) is 17.6 Å². The maximum atomic E-state index is 14.1. The monoisotopic (exact) mass is 502 g/mol. The Kier molecular flexibility index (Phi) is 6.82. The van der Waals surface area contributed by atoms with Crippen molar-refractivity contribution in [3.8, 4) is 22.6 Å². The van der Waals surface area contributed by atoms with Crippen LogP contribution < -0.4 is 9.62 Å². The zero-order valence-corrected chi connectivity index (χ0v) is 20.5. The predicted octanol–water partition coefficient (Wildman–Crippen LogP) is 4.44. The molecule has 0 amide bonds. The molecule has 1 atom stereocenters. The number of piperidine rings is 1. The van der Waals surface area contributed by atoms with E-state index in [1.54, 1.807) is 12.1 Å². The maximum Gasteiger partial charge on any atom is 0.338 e. The van der Waals surface area contributed by atoms with Gasteiger partial charge in [0.15, 0.2) is 5.76 Å². The van der Waals surface area contributed by atoms with Gasteiger partial charge < -0.3 is 14.5 Å². The van der Waals surface area contributed by atoms with Crippen LogP contribution in [0.5, 0.6) is 0 Å². The van der Waals surface area contributed by atoms with Gasteiger partial charge in [0.2, 0.25) is 0 Å². The molecule has 2 aromatic carbocycles. The first-order valence-corrected chi connectivity index (χ1v) is 12.6. The Morgan fingerprint density at radius 3 is 2.57 bits per heavy atom. The van der Waals surface area contributed by atoms with Crippen LogP contribution in [0.1, 0.15) is 36.5 Å². The molecule has 1 aliphatic heterocycles. The number of carbonyl (C=O) groups is 1. The zero-order chi connectivity index (χ0) is 25.3. The van der Waals surface area contributed by atoms with Crippen LogP contribution >= 0.6 is 0 Å². The molecule has 11 heteroatoms. The van der Waals surface area contributed by atoms with Crippen LogP contribution in [0.2, 0.25) is 0 Å². The maximum absolute atomic E-state index is 14.1. The number of hydrogen-bond donors (Lipinski definition) is 2. The number of rotatable bonds is 7. The van der Waals surface area contributed by atoms with Gasteiger partial charge in [-0.25, -0.2) is 9.18 Å². The lowest BCUT2D eigenvalue weighted by atomic mass is 10.0. The average Bonchev–Trinajstić information content (AvgIpc) is 3.29. The van der Waals surface area contributed by atoms with Gasteiger partial charge in [-0.2, -0.15) is 12.7 Å². The molecular formula is C24H27FN4O5S. The first kappa shape index (κ1) is 24.7. The Morgan fingerprint density at radius 2 is 1.91 bits per heavy atom. The number of aromatic carboxylic acids is 1. The fraction of sp³-hybridized carbons (Fsp3) is 0.333. The fourth-order valence-corrected chi connectivity index (χ4v) is 4.73. The van der Waals surface area contributed by atoms with Crippen LogP contribution in [0.4, 0.5) is 15.8 Å². The second kappa shape index (κ2) is 9.67. The summed E-state index contributed by atoms with van der Waals surface area (Å²) in [6.45, 7) is 2.94. The average molecular weight is 503 g/mol. The normalized spacial score (nSPS) is 16.5. The van der Waals surface area contributed by atoms with Gasteiger partial charge in [-0.15, -0.1) is 0 Å². The highest BCUT2D eigenvalue weighted by molar-refractivity contribution is 7.90. The van der Waals surface area contributed by atoms with Gasteiger partial charge in [0, 0.05) is 43.9 Å². The summed E-state index contributed by atoms with van der Waals surface area (Å²) in [4.78, 5) is 13.3. The molecule has 0 bridgehead atoms. The molecule has 0 radical (unpaired) electrons. The number of nitrogens with zero attached hydrogens (tertiary/aromatic N) is 3. The van der Waals surface area contributed by atoms with Crippen molar-refractivity contribution < 1.29 is 27.2 Å². The lowest BCUT2D eigenvalue weighted by molar-refractivity contribution is 0.0692. The van der Waals surface area contributed by atoms with E-state index >= 15 is 0 Å². The number of anilines is 2. The number of aromatic nitrogens is 1. The van der Waals surface area contributed by atoms with E-state index in [1.165, 1.54) is 26.2 Å². The van der Waals surface area contributed by atoms with Gasteiger partial charge in [-0.3, -0.25) is 4.72 Å². The summed E-state index contributed by atoms with van der Waals surface area (Å²) in [6, 6.07) is 10.9. The standard InChI is InChI=1S/C24H27FN4O5S/c1-15-6-4-5-11-29(15)22-10-8-17(13-21(22)27-35(32,33)28(2)3)23-14-20(26-34-23)16-7-9-18(24(30)31)19(25)12-16/h7-10,12-15,27H,4-6,11H2,1-3H3,(H,30,31). The SMILES string of the molecule is CC1CCCCN1c1ccc(-c2cc(-c3ccc(C(=O)O)c(F)c3)no2)cc1NS(=O)(=O)N(C)C. The number of carboxylic acid groups (broad SMARTS) is 1. The molecule has 1 aliphatic rings. The lowest BCUT2D eigenvalue weighted by Crippen LogP contribution is -2.38. The van der Waals surface area contributed by atoms with E-state index < -0.39 is 27.6 Å². The Bertz CT molecular complexity index is 1360. The smallest absolute Gasteiger partial charge is 0.338 e. The Hall–Kier alpha value is -3.44. The van der Waals surface area contributed by atoms with Gasteiger partial charge in [0.05, 0.1) is 16.9 Å². The molecule has 2 heterocycles. The van der Waals surface area contributed by atoms with Crippen LogP contribution in [0.15, 0.2) is 47.0 Å². The van der Waals surface area contributed by atoms with E-state index in [-0.39, 0.29) is 6.04 Å². The molecule has 0 saturated carbocycles. The van der Waals surface area contributed by atoms with Gasteiger partial charge in [0.25, 0.3) is 0 Å². The summed E-state index contributed by atoms with van der Waals surface area (Å²) >= 11 is 0. The molecule has 1 fully saturated rings. The molecule has 3 aromatic rings. The van der Waals surface area contributed by atoms with Gasteiger partial charge >= 0.3 is 16.2 Å². The first-order chi connectivity index (χ1) is 16.6. The molecule has 35 heavy (non-hydrogen) atoms. The predicted molar refractivity (Wildman–Crippen MR) is 131 cm³/mol. The molecule has 0 aliphatic carbocycles. The van der Waals surface area contributed by atoms with Gasteiger partial charge in [-0.1, -0.05) is 11.2 Å². The Morgan fingerprint density at radius 1 is 1.17 bits per heavy atom. The van der Waals surface area contributed by atoms with Crippen LogP contribution in [0.25, 0.3) is 22.6 Å². The molecule has 186 valence electrons. The number of carboxylic acids is 1. The van der Waals surface area contributed by atoms with Crippen LogP contribution in [-0.2, 0) is 10.2 Å². The lowest BCUT2D eigenvalue weighted by Gasteiger charge is -2.36. The molecular weight excluding hydrogens is 475 g/mol. The number of hydrogen-bond acceptors (Lipinski definition) is 6. The van der Waals surface area contributed by atoms with E-state index in [0.717, 1.165) is 41.9 Å². The van der Waals surface area contributed by atoms with Crippen molar-refractivity contribution in [2.75, 3.05) is 30.3 Å². The molecule has 1 unspecified atom stereocenters. The largest absolute Gasteiger partial charge is 0.478 e. The second-order valence-corrected chi connectivity index (χ2v) is 10.6. The highest BCUT2D eigenvalue weighted by atomic mass is 32.2. The summed E-state index contributed by atoms with van der Waals surface area (Å²) in [5.74, 6) is -1.88. The minimum absolute atomic E-state index is 0.262. The number of benzene rings is 2. The number of nitrogens with one attached hydrogen (secondary N) is 1. The van der Waals surface area contributed by atoms with Crippen molar-refractivity contribution in [1.29, 1.82) is 0 Å². The summed E-state index contributed by atoms with van der Waals surface area (Å²) in [6.07, 6.45) is 3.17. The molecule has 1 saturated heterocycles. The molecule has 2 N–H and O–H groups in total. The number of halogens is 1. The molecule has 4 rings (SSSR count). The van der Waals surface area contributed by atoms with Crippen molar-refractivity contribution in [3.63, 3.8) is 0 Å². The van der Waals surface area contributed by atoms with E-state index in [4.69, 9.17) is 9.63 Å². The fourth-order valence-electron chi connectivity index (χ4n) is 4.10. The first-order valence-electron chi connectivity index (χ1n) is 11.2. The van der Waals surface area contributed by atoms with Crippen molar-refractivity contribution in [3.05, 3.63) is 53.8 Å². The summed E-state index contributed by atoms with van der Waals surface area (Å²) in [5.41, 5.74) is 2.01. The molecule has 0 spiro atoms. The van der Waals surface area contributed by atoms with Crippen LogP contribution in [-0.4, -0.2) is 55.6 Å². The highest BCUT2D eigenvalue weighted by Crippen LogP contribution is 2.36. The minimum atomic E-state index is -3.76. The summed E-state index contributed by atoms with van der Waals surface area (Å²) in [5, 5.41) is 13.0. The third kappa shape index (κ3) is 5.15. The third-order valence-electron chi connectivity index (χ3n) is 6.12. The minimum Gasteiger partial charge on any atom is -0.478 e. The van der Waals surface area contributed by atoms with Crippen molar-refractivity contribution in [2.45, 2.75) is 32.2 Å². The topological polar surface area (TPSA) is 116 Å². The molecule has 1 aromatic heterocycles. The van der Waals surface area contributed by atoms with Crippen molar-refractivity contribution in [2.24, 2.45) is 0 Å². The van der Waals surface area contributed by atoms with E-state index in [2.05, 4.69) is 21.7 Å². The summed E-state index contributed by atoms with van der Waals surface area (Å²) < 4.78 is 48.7.